The predicted octanol–water partition coefficient (Wildman–Crippen LogP) is 4.46. The van der Waals surface area contributed by atoms with Crippen LogP contribution in [0.4, 0.5) is 5.69 Å². The molecule has 0 radical (unpaired) electrons. The molecule has 0 bridgehead atoms. The van der Waals surface area contributed by atoms with Crippen molar-refractivity contribution < 1.29 is 22.7 Å². The van der Waals surface area contributed by atoms with Crippen LogP contribution in [0.25, 0.3) is 6.08 Å². The average molecular weight is 436 g/mol. The van der Waals surface area contributed by atoms with Gasteiger partial charge in [0.2, 0.25) is 0 Å². The van der Waals surface area contributed by atoms with E-state index in [4.69, 9.17) is 9.47 Å². The molecular weight excluding hydrogens is 414 g/mol. The Labute approximate surface area is 181 Å². The lowest BCUT2D eigenvalue weighted by atomic mass is 10.1. The molecule has 0 spiro atoms. The van der Waals surface area contributed by atoms with E-state index in [-0.39, 0.29) is 21.9 Å². The van der Waals surface area contributed by atoms with Gasteiger partial charge in [0.1, 0.15) is 13.2 Å². The van der Waals surface area contributed by atoms with Gasteiger partial charge < -0.3 is 9.47 Å². The quantitative estimate of drug-likeness (QED) is 0.457. The molecule has 0 fully saturated rings. The smallest absolute Gasteiger partial charge is 0.261 e. The maximum Gasteiger partial charge on any atom is 0.261 e. The summed E-state index contributed by atoms with van der Waals surface area (Å²) in [5.41, 5.74) is 2.21. The Balaban J connectivity index is 1.56. The number of anilines is 1. The number of para-hydroxylation sites is 1. The average Bonchev–Trinajstić information content (AvgIpc) is 2.78. The summed E-state index contributed by atoms with van der Waals surface area (Å²) in [5.74, 6) is 0.981. The summed E-state index contributed by atoms with van der Waals surface area (Å²) in [6.45, 7) is 2.87. The van der Waals surface area contributed by atoms with E-state index in [1.807, 2.05) is 13.0 Å². The van der Waals surface area contributed by atoms with Crippen molar-refractivity contribution in [3.05, 3.63) is 89.5 Å². The normalized spacial score (nSPS) is 13.2. The van der Waals surface area contributed by atoms with Crippen LogP contribution in [0.5, 0.6) is 11.5 Å². The minimum Gasteiger partial charge on any atom is -0.486 e. The number of ketones is 1. The highest BCUT2D eigenvalue weighted by Gasteiger charge is 2.18. The fraction of sp³-hybridized carbons (Fsp3) is 0.125. The first kappa shape index (κ1) is 20.7. The van der Waals surface area contributed by atoms with Crippen molar-refractivity contribution in [1.82, 2.24) is 0 Å². The molecule has 1 heterocycles. The van der Waals surface area contributed by atoms with Gasteiger partial charge in [0.05, 0.1) is 10.6 Å². The Bertz CT molecular complexity index is 1250. The molecule has 0 saturated heterocycles. The molecule has 3 aromatic carbocycles. The van der Waals surface area contributed by atoms with Crippen molar-refractivity contribution in [2.45, 2.75) is 11.8 Å². The largest absolute Gasteiger partial charge is 0.486 e. The Morgan fingerprint density at radius 2 is 1.65 bits per heavy atom. The van der Waals surface area contributed by atoms with Crippen LogP contribution >= 0.6 is 0 Å². The van der Waals surface area contributed by atoms with Crippen LogP contribution in [-0.2, 0) is 10.0 Å². The maximum atomic E-state index is 12.8. The van der Waals surface area contributed by atoms with Crippen LogP contribution in [-0.4, -0.2) is 27.4 Å². The Kier molecular flexibility index (Phi) is 5.77. The molecule has 1 N–H and O–H groups in total. The summed E-state index contributed by atoms with van der Waals surface area (Å²) in [4.78, 5) is 12.9. The number of allylic oxidation sites excluding steroid dienone is 1. The first-order valence-electron chi connectivity index (χ1n) is 9.73. The maximum absolute atomic E-state index is 12.8. The van der Waals surface area contributed by atoms with E-state index < -0.39 is 10.0 Å². The molecule has 158 valence electrons. The third-order valence-electron chi connectivity index (χ3n) is 4.76. The fourth-order valence-electron chi connectivity index (χ4n) is 3.13. The minimum absolute atomic E-state index is 0.132. The molecule has 0 unspecified atom stereocenters. The summed E-state index contributed by atoms with van der Waals surface area (Å²) < 4.78 is 39.1. The van der Waals surface area contributed by atoms with E-state index in [0.29, 0.717) is 24.7 Å². The van der Waals surface area contributed by atoms with Crippen LogP contribution < -0.4 is 14.2 Å². The van der Waals surface area contributed by atoms with Gasteiger partial charge in [-0.3, -0.25) is 9.52 Å². The monoisotopic (exact) mass is 435 g/mol. The highest BCUT2D eigenvalue weighted by atomic mass is 32.2. The Morgan fingerprint density at radius 1 is 0.935 bits per heavy atom. The van der Waals surface area contributed by atoms with Gasteiger partial charge in [-0.25, -0.2) is 8.42 Å². The number of carbonyl (C=O) groups is 1. The van der Waals surface area contributed by atoms with Gasteiger partial charge in [-0.1, -0.05) is 42.0 Å². The summed E-state index contributed by atoms with van der Waals surface area (Å²) in [7, 11) is -3.82. The fourth-order valence-corrected chi connectivity index (χ4v) is 4.21. The van der Waals surface area contributed by atoms with Crippen LogP contribution in [0.3, 0.4) is 0 Å². The molecule has 0 aromatic heterocycles. The molecule has 0 atom stereocenters. The molecule has 0 amide bonds. The van der Waals surface area contributed by atoms with Crippen LogP contribution in [0.2, 0.25) is 0 Å². The van der Waals surface area contributed by atoms with Gasteiger partial charge in [-0.2, -0.15) is 0 Å². The number of rotatable bonds is 6. The lowest BCUT2D eigenvalue weighted by molar-refractivity contribution is 0.104. The van der Waals surface area contributed by atoms with Gasteiger partial charge in [-0.15, -0.1) is 0 Å². The second-order valence-electron chi connectivity index (χ2n) is 7.06. The molecule has 3 aromatic rings. The first-order valence-corrected chi connectivity index (χ1v) is 11.2. The van der Waals surface area contributed by atoms with Crippen molar-refractivity contribution in [2.75, 3.05) is 17.9 Å². The number of hydrogen-bond donors (Lipinski definition) is 1. The zero-order chi connectivity index (χ0) is 21.8. The summed E-state index contributed by atoms with van der Waals surface area (Å²) >= 11 is 0. The van der Waals surface area contributed by atoms with Gasteiger partial charge >= 0.3 is 0 Å². The number of benzene rings is 3. The van der Waals surface area contributed by atoms with Gasteiger partial charge in [0.25, 0.3) is 10.0 Å². The van der Waals surface area contributed by atoms with Crippen molar-refractivity contribution in [3.8, 4) is 11.5 Å². The standard InChI is InChI=1S/C24H21NO5S/c1-17-6-10-19(11-7-17)31(27,28)25-21-5-3-2-4-20(21)22(26)12-8-18-9-13-23-24(16-18)30-15-14-29-23/h2-13,16,25H,14-15H2,1H3/b12-8+. The molecule has 6 nitrogen and oxygen atoms in total. The topological polar surface area (TPSA) is 81.7 Å². The van der Waals surface area contributed by atoms with E-state index >= 15 is 0 Å². The first-order chi connectivity index (χ1) is 14.9. The molecule has 0 aliphatic carbocycles. The highest BCUT2D eigenvalue weighted by molar-refractivity contribution is 7.92. The molecule has 4 rings (SSSR count). The van der Waals surface area contributed by atoms with Crippen LogP contribution in [0, 0.1) is 6.92 Å². The molecule has 7 heteroatoms. The number of sulfonamides is 1. The molecule has 1 aliphatic rings. The van der Waals surface area contributed by atoms with E-state index in [2.05, 4.69) is 4.72 Å². The van der Waals surface area contributed by atoms with Crippen molar-refractivity contribution >= 4 is 27.6 Å². The van der Waals surface area contributed by atoms with Crippen molar-refractivity contribution in [3.63, 3.8) is 0 Å². The molecule has 1 aliphatic heterocycles. The second kappa shape index (κ2) is 8.65. The summed E-state index contributed by atoms with van der Waals surface area (Å²) in [5, 5.41) is 0. The van der Waals surface area contributed by atoms with Gasteiger partial charge in [0, 0.05) is 5.56 Å². The zero-order valence-electron chi connectivity index (χ0n) is 16.9. The van der Waals surface area contributed by atoms with Gasteiger partial charge in [0.15, 0.2) is 17.3 Å². The van der Waals surface area contributed by atoms with E-state index in [1.165, 1.54) is 18.2 Å². The zero-order valence-corrected chi connectivity index (χ0v) is 17.7. The third kappa shape index (κ3) is 4.78. The number of aryl methyl sites for hydroxylation is 1. The number of carbonyl (C=O) groups excluding carboxylic acids is 1. The van der Waals surface area contributed by atoms with Crippen molar-refractivity contribution in [2.24, 2.45) is 0 Å². The van der Waals surface area contributed by atoms with E-state index in [1.54, 1.807) is 54.6 Å². The highest BCUT2D eigenvalue weighted by Crippen LogP contribution is 2.31. The second-order valence-corrected chi connectivity index (χ2v) is 8.75. The summed E-state index contributed by atoms with van der Waals surface area (Å²) in [6.07, 6.45) is 3.07. The van der Waals surface area contributed by atoms with Crippen LogP contribution in [0.15, 0.2) is 77.7 Å². The third-order valence-corrected chi connectivity index (χ3v) is 6.14. The van der Waals surface area contributed by atoms with Crippen molar-refractivity contribution in [1.29, 1.82) is 0 Å². The van der Waals surface area contributed by atoms with Crippen LogP contribution in [0.1, 0.15) is 21.5 Å². The number of ether oxygens (including phenoxy) is 2. The SMILES string of the molecule is Cc1ccc(S(=O)(=O)Nc2ccccc2C(=O)/C=C/c2ccc3c(c2)OCCO3)cc1. The lowest BCUT2D eigenvalue weighted by Gasteiger charge is -2.18. The summed E-state index contributed by atoms with van der Waals surface area (Å²) in [6, 6.07) is 18.4. The number of fused-ring (bicyclic) bond motifs is 1. The molecule has 31 heavy (non-hydrogen) atoms. The molecular formula is C24H21NO5S. The lowest BCUT2D eigenvalue weighted by Crippen LogP contribution is -2.15. The number of nitrogens with one attached hydrogen (secondary N) is 1. The Morgan fingerprint density at radius 3 is 2.42 bits per heavy atom. The predicted molar refractivity (Wildman–Crippen MR) is 119 cm³/mol. The van der Waals surface area contributed by atoms with E-state index in [9.17, 15) is 13.2 Å². The van der Waals surface area contributed by atoms with E-state index in [0.717, 1.165) is 11.1 Å². The number of hydrogen-bond acceptors (Lipinski definition) is 5. The molecule has 0 saturated carbocycles. The minimum atomic E-state index is -3.82. The Hall–Kier alpha value is -3.58. The van der Waals surface area contributed by atoms with Gasteiger partial charge in [-0.05, 0) is 55.0 Å².